The zero-order chi connectivity index (χ0) is 28.0. The number of anilines is 2. The second-order valence-electron chi connectivity index (χ2n) is 11.1. The van der Waals surface area contributed by atoms with Crippen molar-refractivity contribution in [3.8, 4) is 17.4 Å². The highest BCUT2D eigenvalue weighted by molar-refractivity contribution is 6.00. The minimum absolute atomic E-state index is 0.106. The van der Waals surface area contributed by atoms with Crippen molar-refractivity contribution in [3.63, 3.8) is 0 Å². The maximum atomic E-state index is 12.8. The molecule has 2 N–H and O–H groups in total. The van der Waals surface area contributed by atoms with Gasteiger partial charge in [-0.1, -0.05) is 69.3 Å². The molecule has 0 unspecified atom stereocenters. The van der Waals surface area contributed by atoms with Gasteiger partial charge in [-0.25, -0.2) is 9.78 Å². The first-order chi connectivity index (χ1) is 19.3. The van der Waals surface area contributed by atoms with Crippen molar-refractivity contribution in [2.24, 2.45) is 0 Å². The topological polar surface area (TPSA) is 75.7 Å². The molecule has 0 saturated carbocycles. The number of rotatable bonds is 8. The van der Waals surface area contributed by atoms with Gasteiger partial charge in [0, 0.05) is 37.1 Å². The van der Waals surface area contributed by atoms with Gasteiger partial charge in [0.25, 0.3) is 0 Å². The Morgan fingerprint density at radius 3 is 2.45 bits per heavy atom. The van der Waals surface area contributed by atoms with Crippen LogP contribution >= 0.6 is 0 Å². The third kappa shape index (κ3) is 7.18. The van der Waals surface area contributed by atoms with Gasteiger partial charge in [-0.05, 0) is 59.9 Å². The van der Waals surface area contributed by atoms with Gasteiger partial charge in [0.05, 0.1) is 0 Å². The SMILES string of the molecule is CC(C)(C)c1ccccc1Oc1ncccc1NC(=O)Nc1ccc(O[C@H]2CCN(Cc3ccccc3)C2)cc1. The fourth-order valence-electron chi connectivity index (χ4n) is 4.82. The number of carbonyl (C=O) groups excluding carboxylic acids is 1. The van der Waals surface area contributed by atoms with E-state index in [1.807, 2.05) is 54.6 Å². The fourth-order valence-corrected chi connectivity index (χ4v) is 4.82. The molecule has 1 aliphatic heterocycles. The van der Waals surface area contributed by atoms with Crippen LogP contribution in [0.1, 0.15) is 38.3 Å². The molecule has 2 amide bonds. The van der Waals surface area contributed by atoms with Crippen molar-refractivity contribution in [3.05, 3.63) is 108 Å². The van der Waals surface area contributed by atoms with E-state index in [9.17, 15) is 4.79 Å². The van der Waals surface area contributed by atoms with E-state index in [0.717, 1.165) is 37.4 Å². The van der Waals surface area contributed by atoms with Gasteiger partial charge in [-0.3, -0.25) is 4.90 Å². The van der Waals surface area contributed by atoms with Crippen molar-refractivity contribution in [1.82, 2.24) is 9.88 Å². The van der Waals surface area contributed by atoms with Gasteiger partial charge in [0.15, 0.2) is 0 Å². The Morgan fingerprint density at radius 1 is 0.925 bits per heavy atom. The number of hydrogen-bond acceptors (Lipinski definition) is 5. The molecule has 0 spiro atoms. The first-order valence-corrected chi connectivity index (χ1v) is 13.7. The summed E-state index contributed by atoms with van der Waals surface area (Å²) in [5, 5.41) is 5.74. The Hall–Kier alpha value is -4.36. The molecule has 1 aromatic heterocycles. The number of nitrogens with one attached hydrogen (secondary N) is 2. The lowest BCUT2D eigenvalue weighted by Crippen LogP contribution is -2.24. The summed E-state index contributed by atoms with van der Waals surface area (Å²) in [6.07, 6.45) is 2.78. The first kappa shape index (κ1) is 27.2. The summed E-state index contributed by atoms with van der Waals surface area (Å²) < 4.78 is 12.4. The summed E-state index contributed by atoms with van der Waals surface area (Å²) >= 11 is 0. The van der Waals surface area contributed by atoms with Crippen molar-refractivity contribution in [1.29, 1.82) is 0 Å². The molecule has 0 radical (unpaired) electrons. The van der Waals surface area contributed by atoms with Crippen LogP contribution in [0.3, 0.4) is 0 Å². The van der Waals surface area contributed by atoms with Gasteiger partial charge in [0.2, 0.25) is 5.88 Å². The Balaban J connectivity index is 1.15. The lowest BCUT2D eigenvalue weighted by molar-refractivity contribution is 0.198. The third-order valence-corrected chi connectivity index (χ3v) is 6.81. The molecule has 4 aromatic rings. The molecule has 2 heterocycles. The smallest absolute Gasteiger partial charge is 0.323 e. The van der Waals surface area contributed by atoms with E-state index in [2.05, 4.69) is 65.6 Å². The summed E-state index contributed by atoms with van der Waals surface area (Å²) in [4.78, 5) is 19.6. The molecular formula is C33H36N4O3. The number of likely N-dealkylation sites (tertiary alicyclic amines) is 1. The van der Waals surface area contributed by atoms with Crippen LogP contribution in [0.5, 0.6) is 17.4 Å². The number of urea groups is 1. The average molecular weight is 537 g/mol. The zero-order valence-corrected chi connectivity index (χ0v) is 23.3. The van der Waals surface area contributed by atoms with Crippen LogP contribution in [0, 0.1) is 0 Å². The van der Waals surface area contributed by atoms with Crippen LogP contribution < -0.4 is 20.1 Å². The van der Waals surface area contributed by atoms with Gasteiger partial charge >= 0.3 is 6.03 Å². The summed E-state index contributed by atoms with van der Waals surface area (Å²) in [6, 6.07) is 29.0. The molecule has 0 bridgehead atoms. The number of para-hydroxylation sites is 1. The normalized spacial score (nSPS) is 15.4. The highest BCUT2D eigenvalue weighted by Gasteiger charge is 2.24. The van der Waals surface area contributed by atoms with E-state index < -0.39 is 0 Å². The van der Waals surface area contributed by atoms with Gasteiger partial charge in [-0.15, -0.1) is 0 Å². The van der Waals surface area contributed by atoms with Crippen LogP contribution in [0.4, 0.5) is 16.2 Å². The largest absolute Gasteiger partial charge is 0.489 e. The van der Waals surface area contributed by atoms with E-state index in [0.29, 0.717) is 23.0 Å². The Morgan fingerprint density at radius 2 is 1.68 bits per heavy atom. The number of pyridine rings is 1. The Bertz CT molecular complexity index is 1420. The quantitative estimate of drug-likeness (QED) is 0.244. The summed E-state index contributed by atoms with van der Waals surface area (Å²) in [5.41, 5.74) is 3.40. The van der Waals surface area contributed by atoms with Crippen LogP contribution in [-0.4, -0.2) is 35.1 Å². The third-order valence-electron chi connectivity index (χ3n) is 6.81. The lowest BCUT2D eigenvalue weighted by atomic mass is 9.86. The van der Waals surface area contributed by atoms with Crippen LogP contribution in [-0.2, 0) is 12.0 Å². The molecule has 1 saturated heterocycles. The van der Waals surface area contributed by atoms with Crippen molar-refractivity contribution >= 4 is 17.4 Å². The number of nitrogens with zero attached hydrogens (tertiary/aromatic N) is 2. The highest BCUT2D eigenvalue weighted by atomic mass is 16.5. The van der Waals surface area contributed by atoms with E-state index in [-0.39, 0.29) is 17.6 Å². The fraction of sp³-hybridized carbons (Fsp3) is 0.273. The predicted octanol–water partition coefficient (Wildman–Crippen LogP) is 7.47. The van der Waals surface area contributed by atoms with Crippen molar-refractivity contribution in [2.75, 3.05) is 23.7 Å². The highest BCUT2D eigenvalue weighted by Crippen LogP contribution is 2.35. The lowest BCUT2D eigenvalue weighted by Gasteiger charge is -2.22. The molecule has 206 valence electrons. The van der Waals surface area contributed by atoms with E-state index in [1.165, 1.54) is 5.56 Å². The van der Waals surface area contributed by atoms with Gasteiger partial charge < -0.3 is 20.1 Å². The standard InChI is InChI=1S/C33H36N4O3/c1-33(2,3)28-12-7-8-14-30(28)40-31-29(13-9-20-34-31)36-32(38)35-25-15-17-26(18-16-25)39-27-19-21-37(23-27)22-24-10-5-4-6-11-24/h4-18,20,27H,19,21-23H2,1-3H3,(H2,35,36,38)/t27-/m0/s1. The molecular weight excluding hydrogens is 500 g/mol. The van der Waals surface area contributed by atoms with Crippen LogP contribution in [0.2, 0.25) is 0 Å². The van der Waals surface area contributed by atoms with Crippen molar-refractivity contribution in [2.45, 2.75) is 45.3 Å². The van der Waals surface area contributed by atoms with E-state index >= 15 is 0 Å². The zero-order valence-electron chi connectivity index (χ0n) is 23.3. The van der Waals surface area contributed by atoms with Gasteiger partial charge in [0.1, 0.15) is 23.3 Å². The molecule has 1 atom stereocenters. The molecule has 7 heteroatoms. The van der Waals surface area contributed by atoms with Crippen molar-refractivity contribution < 1.29 is 14.3 Å². The number of benzene rings is 3. The van der Waals surface area contributed by atoms with E-state index in [1.54, 1.807) is 18.3 Å². The number of hydrogen-bond donors (Lipinski definition) is 2. The Kier molecular flexibility index (Phi) is 8.31. The summed E-state index contributed by atoms with van der Waals surface area (Å²) in [5.74, 6) is 1.83. The van der Waals surface area contributed by atoms with Crippen LogP contribution in [0.25, 0.3) is 0 Å². The molecule has 1 aliphatic rings. The second-order valence-corrected chi connectivity index (χ2v) is 11.1. The maximum absolute atomic E-state index is 12.8. The number of amides is 2. The summed E-state index contributed by atoms with van der Waals surface area (Å²) in [7, 11) is 0. The monoisotopic (exact) mass is 536 g/mol. The minimum atomic E-state index is -0.386. The number of carbonyl (C=O) groups is 1. The molecule has 5 rings (SSSR count). The molecule has 0 aliphatic carbocycles. The molecule has 40 heavy (non-hydrogen) atoms. The molecule has 1 fully saturated rings. The average Bonchev–Trinajstić information content (AvgIpc) is 3.37. The first-order valence-electron chi connectivity index (χ1n) is 13.7. The summed E-state index contributed by atoms with van der Waals surface area (Å²) in [6.45, 7) is 9.24. The van der Waals surface area contributed by atoms with Gasteiger partial charge in [-0.2, -0.15) is 0 Å². The molecule has 7 nitrogen and oxygen atoms in total. The molecule has 3 aromatic carbocycles. The minimum Gasteiger partial charge on any atom is -0.489 e. The number of aromatic nitrogens is 1. The number of ether oxygens (including phenoxy) is 2. The Labute approximate surface area is 236 Å². The van der Waals surface area contributed by atoms with E-state index in [4.69, 9.17) is 9.47 Å². The van der Waals surface area contributed by atoms with Crippen LogP contribution in [0.15, 0.2) is 97.2 Å². The predicted molar refractivity (Wildman–Crippen MR) is 159 cm³/mol. The second kappa shape index (κ2) is 12.2. The maximum Gasteiger partial charge on any atom is 0.323 e.